The van der Waals surface area contributed by atoms with Crippen molar-refractivity contribution in [2.24, 2.45) is 0 Å². The Morgan fingerprint density at radius 3 is 2.58 bits per heavy atom. The normalized spacial score (nSPS) is 27.3. The summed E-state index contributed by atoms with van der Waals surface area (Å²) in [6.45, 7) is 2.52. The second-order valence-corrected chi connectivity index (χ2v) is 7.49. The molecular weight excluding hydrogens is 330 g/mol. The van der Waals surface area contributed by atoms with Gasteiger partial charge in [-0.1, -0.05) is 25.3 Å². The smallest absolute Gasteiger partial charge is 0.160 e. The van der Waals surface area contributed by atoms with Crippen LogP contribution in [0.2, 0.25) is 0 Å². The molecule has 1 saturated heterocycles. The lowest BCUT2D eigenvalue weighted by Crippen LogP contribution is -2.43. The molecule has 0 radical (unpaired) electrons. The largest absolute Gasteiger partial charge is 0.493 e. The summed E-state index contributed by atoms with van der Waals surface area (Å²) in [6.07, 6.45) is 8.01. The highest BCUT2D eigenvalue weighted by Crippen LogP contribution is 2.29. The summed E-state index contributed by atoms with van der Waals surface area (Å²) in [5, 5.41) is 9.90. The number of aliphatic hydroxyl groups is 1. The van der Waals surface area contributed by atoms with E-state index in [0.717, 1.165) is 43.9 Å². The Hall–Kier alpha value is -1.30. The molecule has 1 aromatic rings. The Labute approximate surface area is 157 Å². The average Bonchev–Trinajstić information content (AvgIpc) is 2.95. The van der Waals surface area contributed by atoms with E-state index in [9.17, 15) is 5.11 Å². The van der Waals surface area contributed by atoms with Crippen LogP contribution in [-0.4, -0.2) is 62.2 Å². The van der Waals surface area contributed by atoms with Crippen LogP contribution < -0.4 is 9.47 Å². The number of aliphatic hydroxyl groups excluding tert-OH is 1. The lowest BCUT2D eigenvalue weighted by Gasteiger charge is -2.33. The molecule has 2 aliphatic rings. The maximum atomic E-state index is 9.90. The van der Waals surface area contributed by atoms with Crippen molar-refractivity contribution in [2.45, 2.75) is 63.2 Å². The fraction of sp³-hybridized carbons (Fsp3) is 0.714. The molecule has 146 valence electrons. The number of likely N-dealkylation sites (tertiary alicyclic amines) is 1. The van der Waals surface area contributed by atoms with Gasteiger partial charge in [0.1, 0.15) is 0 Å². The van der Waals surface area contributed by atoms with E-state index in [1.807, 2.05) is 12.1 Å². The van der Waals surface area contributed by atoms with Gasteiger partial charge in [-0.2, -0.15) is 0 Å². The summed E-state index contributed by atoms with van der Waals surface area (Å²) < 4.78 is 17.1. The number of benzene rings is 1. The number of β-amino-alcohol motifs (C(OH)–C–C–N with tert-alkyl or cyclic N) is 1. The molecule has 5 nitrogen and oxygen atoms in total. The second-order valence-electron chi connectivity index (χ2n) is 7.49. The molecule has 0 aromatic heterocycles. The Bertz CT molecular complexity index is 565. The lowest BCUT2D eigenvalue weighted by molar-refractivity contribution is -0.0138. The predicted molar refractivity (Wildman–Crippen MR) is 102 cm³/mol. The van der Waals surface area contributed by atoms with Crippen LogP contribution in [0.15, 0.2) is 18.2 Å². The summed E-state index contributed by atoms with van der Waals surface area (Å²) in [5.41, 5.74) is 1.20. The number of methoxy groups -OCH3 is 2. The number of ether oxygens (including phenoxy) is 3. The molecular formula is C21H33NO4. The van der Waals surface area contributed by atoms with Crippen LogP contribution in [0, 0.1) is 0 Å². The van der Waals surface area contributed by atoms with E-state index in [0.29, 0.717) is 12.6 Å². The average molecular weight is 363 g/mol. The van der Waals surface area contributed by atoms with E-state index in [1.54, 1.807) is 14.2 Å². The molecule has 3 unspecified atom stereocenters. The van der Waals surface area contributed by atoms with E-state index in [-0.39, 0.29) is 12.2 Å². The van der Waals surface area contributed by atoms with Gasteiger partial charge in [-0.05, 0) is 43.4 Å². The van der Waals surface area contributed by atoms with Crippen molar-refractivity contribution >= 4 is 0 Å². The Morgan fingerprint density at radius 1 is 1.04 bits per heavy atom. The Morgan fingerprint density at radius 2 is 1.85 bits per heavy atom. The van der Waals surface area contributed by atoms with Crippen LogP contribution in [-0.2, 0) is 11.2 Å². The Kier molecular flexibility index (Phi) is 7.17. The minimum Gasteiger partial charge on any atom is -0.493 e. The highest BCUT2D eigenvalue weighted by atomic mass is 16.5. The molecule has 1 saturated carbocycles. The number of nitrogens with zero attached hydrogens (tertiary/aromatic N) is 1. The third kappa shape index (κ3) is 4.90. The molecule has 1 aliphatic carbocycles. The zero-order valence-electron chi connectivity index (χ0n) is 16.2. The first-order valence-corrected chi connectivity index (χ1v) is 9.96. The maximum Gasteiger partial charge on any atom is 0.160 e. The van der Waals surface area contributed by atoms with Crippen LogP contribution in [0.5, 0.6) is 11.5 Å². The van der Waals surface area contributed by atoms with Gasteiger partial charge >= 0.3 is 0 Å². The van der Waals surface area contributed by atoms with Crippen molar-refractivity contribution in [1.82, 2.24) is 4.90 Å². The highest BCUT2D eigenvalue weighted by Gasteiger charge is 2.33. The van der Waals surface area contributed by atoms with Gasteiger partial charge < -0.3 is 19.3 Å². The summed E-state index contributed by atoms with van der Waals surface area (Å²) >= 11 is 0. The van der Waals surface area contributed by atoms with Gasteiger partial charge in [-0.15, -0.1) is 0 Å². The van der Waals surface area contributed by atoms with E-state index in [2.05, 4.69) is 11.0 Å². The molecule has 1 heterocycles. The molecule has 1 N–H and O–H groups in total. The molecule has 0 amide bonds. The summed E-state index contributed by atoms with van der Waals surface area (Å²) in [5.74, 6) is 1.52. The van der Waals surface area contributed by atoms with Crippen molar-refractivity contribution < 1.29 is 19.3 Å². The third-order valence-electron chi connectivity index (χ3n) is 5.75. The molecule has 1 aliphatic heterocycles. The standard InChI is InChI=1S/C21H33NO4/c1-24-20-9-8-16(14-21(20)25-2)11-13-26-19-7-5-3-4-6-18(19)22-12-10-17(23)15-22/h8-9,14,17-19,23H,3-7,10-13,15H2,1-2H3. The topological polar surface area (TPSA) is 51.2 Å². The first-order chi connectivity index (χ1) is 12.7. The first kappa shape index (κ1) is 19.5. The minimum absolute atomic E-state index is 0.161. The molecule has 2 fully saturated rings. The molecule has 3 rings (SSSR count). The number of rotatable bonds is 7. The van der Waals surface area contributed by atoms with Crippen LogP contribution in [0.4, 0.5) is 0 Å². The van der Waals surface area contributed by atoms with Gasteiger partial charge in [0.05, 0.1) is 33.0 Å². The van der Waals surface area contributed by atoms with Crippen molar-refractivity contribution in [3.8, 4) is 11.5 Å². The third-order valence-corrected chi connectivity index (χ3v) is 5.75. The van der Waals surface area contributed by atoms with Crippen LogP contribution in [0.25, 0.3) is 0 Å². The van der Waals surface area contributed by atoms with Gasteiger partial charge in [0, 0.05) is 19.1 Å². The molecule has 26 heavy (non-hydrogen) atoms. The second kappa shape index (κ2) is 9.58. The van der Waals surface area contributed by atoms with Crippen molar-refractivity contribution in [2.75, 3.05) is 33.9 Å². The zero-order chi connectivity index (χ0) is 18.4. The molecule has 3 atom stereocenters. The van der Waals surface area contributed by atoms with Crippen LogP contribution in [0.3, 0.4) is 0 Å². The Balaban J connectivity index is 1.56. The van der Waals surface area contributed by atoms with Crippen LogP contribution >= 0.6 is 0 Å². The van der Waals surface area contributed by atoms with Gasteiger partial charge in [0.15, 0.2) is 11.5 Å². The minimum atomic E-state index is -0.161. The van der Waals surface area contributed by atoms with E-state index < -0.39 is 0 Å². The zero-order valence-corrected chi connectivity index (χ0v) is 16.2. The highest BCUT2D eigenvalue weighted by molar-refractivity contribution is 5.42. The molecule has 1 aromatic carbocycles. The number of hydrogen-bond donors (Lipinski definition) is 1. The van der Waals surface area contributed by atoms with Crippen molar-refractivity contribution in [3.63, 3.8) is 0 Å². The first-order valence-electron chi connectivity index (χ1n) is 9.96. The van der Waals surface area contributed by atoms with Crippen molar-refractivity contribution in [3.05, 3.63) is 23.8 Å². The molecule has 0 bridgehead atoms. The van der Waals surface area contributed by atoms with E-state index >= 15 is 0 Å². The summed E-state index contributed by atoms with van der Waals surface area (Å²) in [4.78, 5) is 2.46. The van der Waals surface area contributed by atoms with Gasteiger partial charge in [0.2, 0.25) is 0 Å². The maximum absolute atomic E-state index is 9.90. The fourth-order valence-electron chi connectivity index (χ4n) is 4.30. The van der Waals surface area contributed by atoms with Crippen LogP contribution in [0.1, 0.15) is 44.1 Å². The monoisotopic (exact) mass is 363 g/mol. The van der Waals surface area contributed by atoms with Gasteiger partial charge in [-0.3, -0.25) is 4.90 Å². The van der Waals surface area contributed by atoms with Gasteiger partial charge in [0.25, 0.3) is 0 Å². The summed E-state index contributed by atoms with van der Waals surface area (Å²) in [6, 6.07) is 6.52. The van der Waals surface area contributed by atoms with Gasteiger partial charge in [-0.25, -0.2) is 0 Å². The molecule has 5 heteroatoms. The predicted octanol–water partition coefficient (Wildman–Crippen LogP) is 3.03. The van der Waals surface area contributed by atoms with E-state index in [1.165, 1.54) is 31.2 Å². The fourth-order valence-corrected chi connectivity index (χ4v) is 4.30. The quantitative estimate of drug-likeness (QED) is 0.755. The van der Waals surface area contributed by atoms with Crippen molar-refractivity contribution in [1.29, 1.82) is 0 Å². The molecule has 0 spiro atoms. The lowest BCUT2D eigenvalue weighted by atomic mass is 10.0. The summed E-state index contributed by atoms with van der Waals surface area (Å²) in [7, 11) is 3.32. The van der Waals surface area contributed by atoms with E-state index in [4.69, 9.17) is 14.2 Å². The SMILES string of the molecule is COc1ccc(CCOC2CCCCCC2N2CCC(O)C2)cc1OC. The number of hydrogen-bond acceptors (Lipinski definition) is 5.